The molecule has 10 heteroatoms. The molecule has 0 spiro atoms. The largest absolute Gasteiger partial charge is 0.497 e. The van der Waals surface area contributed by atoms with E-state index >= 15 is 0 Å². The van der Waals surface area contributed by atoms with Crippen molar-refractivity contribution in [3.05, 3.63) is 54.1 Å². The number of methoxy groups -OCH3 is 1. The number of hydrogen-bond donors (Lipinski definition) is 1. The van der Waals surface area contributed by atoms with Gasteiger partial charge >= 0.3 is 6.18 Å². The molecule has 3 amide bonds. The predicted octanol–water partition coefficient (Wildman–Crippen LogP) is 3.16. The van der Waals surface area contributed by atoms with Gasteiger partial charge in [-0.05, 0) is 42.5 Å². The monoisotopic (exact) mass is 449 g/mol. The van der Waals surface area contributed by atoms with E-state index < -0.39 is 35.4 Å². The van der Waals surface area contributed by atoms with E-state index in [0.29, 0.717) is 11.4 Å². The zero-order valence-corrected chi connectivity index (χ0v) is 17.5. The number of carbonyl (C=O) groups is 3. The lowest BCUT2D eigenvalue weighted by Gasteiger charge is -2.21. The van der Waals surface area contributed by atoms with Crippen LogP contribution in [0.2, 0.25) is 0 Å². The molecule has 1 aliphatic rings. The minimum absolute atomic E-state index is 0.0522. The molecule has 1 N–H and O–H groups in total. The summed E-state index contributed by atoms with van der Waals surface area (Å²) in [5.74, 6) is -1.43. The fraction of sp³-hybridized carbons (Fsp3) is 0.318. The second kappa shape index (κ2) is 9.29. The van der Waals surface area contributed by atoms with Gasteiger partial charge in [0, 0.05) is 31.4 Å². The summed E-state index contributed by atoms with van der Waals surface area (Å²) in [6.07, 6.45) is -4.68. The van der Waals surface area contributed by atoms with Gasteiger partial charge in [-0.2, -0.15) is 13.2 Å². The molecule has 1 fully saturated rings. The topological polar surface area (TPSA) is 79.0 Å². The van der Waals surface area contributed by atoms with Crippen molar-refractivity contribution >= 4 is 29.1 Å². The van der Waals surface area contributed by atoms with Crippen molar-refractivity contribution in [2.45, 2.75) is 12.6 Å². The lowest BCUT2D eigenvalue weighted by atomic mass is 10.1. The second-order valence-electron chi connectivity index (χ2n) is 7.42. The summed E-state index contributed by atoms with van der Waals surface area (Å²) in [6, 6.07) is 11.1. The van der Waals surface area contributed by atoms with Gasteiger partial charge in [-0.25, -0.2) is 0 Å². The number of nitrogens with one attached hydrogen (secondary N) is 1. The predicted molar refractivity (Wildman–Crippen MR) is 111 cm³/mol. The van der Waals surface area contributed by atoms with Crippen molar-refractivity contribution < 1.29 is 32.3 Å². The number of ether oxygens (including phenoxy) is 1. The highest BCUT2D eigenvalue weighted by atomic mass is 19.4. The molecule has 0 bridgehead atoms. The molecule has 3 rings (SSSR count). The maximum Gasteiger partial charge on any atom is 0.416 e. The molecule has 0 aliphatic carbocycles. The van der Waals surface area contributed by atoms with E-state index in [4.69, 9.17) is 4.74 Å². The highest BCUT2D eigenvalue weighted by Crippen LogP contribution is 2.33. The Morgan fingerprint density at radius 2 is 1.88 bits per heavy atom. The maximum absolute atomic E-state index is 13.0. The van der Waals surface area contributed by atoms with Gasteiger partial charge in [0.2, 0.25) is 17.7 Å². The number of anilines is 2. The molecular formula is C22H22F3N3O4. The van der Waals surface area contributed by atoms with Gasteiger partial charge in [0.25, 0.3) is 0 Å². The number of benzene rings is 2. The van der Waals surface area contributed by atoms with Crippen molar-refractivity contribution in [2.75, 3.05) is 37.5 Å². The highest BCUT2D eigenvalue weighted by Gasteiger charge is 2.38. The first-order valence-corrected chi connectivity index (χ1v) is 9.75. The van der Waals surface area contributed by atoms with E-state index in [1.54, 1.807) is 24.3 Å². The Labute approximate surface area is 182 Å². The van der Waals surface area contributed by atoms with Crippen molar-refractivity contribution in [3.8, 4) is 5.75 Å². The van der Waals surface area contributed by atoms with E-state index in [1.165, 1.54) is 36.1 Å². The summed E-state index contributed by atoms with van der Waals surface area (Å²) in [6.45, 7) is -0.289. The fourth-order valence-corrected chi connectivity index (χ4v) is 3.45. The third-order valence-corrected chi connectivity index (χ3v) is 5.09. The minimum Gasteiger partial charge on any atom is -0.497 e. The van der Waals surface area contributed by atoms with Gasteiger partial charge in [-0.15, -0.1) is 0 Å². The average molecular weight is 449 g/mol. The highest BCUT2D eigenvalue weighted by molar-refractivity contribution is 6.01. The van der Waals surface area contributed by atoms with Gasteiger partial charge in [0.1, 0.15) is 5.75 Å². The van der Waals surface area contributed by atoms with Crippen LogP contribution < -0.4 is 15.0 Å². The summed E-state index contributed by atoms with van der Waals surface area (Å²) in [4.78, 5) is 39.7. The molecule has 170 valence electrons. The van der Waals surface area contributed by atoms with E-state index in [-0.39, 0.29) is 25.2 Å². The first-order valence-electron chi connectivity index (χ1n) is 9.75. The summed E-state index contributed by atoms with van der Waals surface area (Å²) in [7, 11) is 2.96. The maximum atomic E-state index is 13.0. The number of alkyl halides is 3. The average Bonchev–Trinajstić information content (AvgIpc) is 3.14. The molecule has 7 nitrogen and oxygen atoms in total. The molecule has 0 aromatic heterocycles. The SMILES string of the molecule is COc1ccc(NC(=O)CN(C)C(=O)[C@H]2CC(=O)N(c3cccc(C(F)(F)F)c3)C2)cc1. The van der Waals surface area contributed by atoms with Crippen LogP contribution in [-0.2, 0) is 20.6 Å². The first-order chi connectivity index (χ1) is 15.1. The number of amides is 3. The van der Waals surface area contributed by atoms with E-state index in [2.05, 4.69) is 5.32 Å². The summed E-state index contributed by atoms with van der Waals surface area (Å²) in [5.41, 5.74) is -0.256. The zero-order valence-electron chi connectivity index (χ0n) is 17.5. The number of hydrogen-bond acceptors (Lipinski definition) is 4. The van der Waals surface area contributed by atoms with Crippen LogP contribution in [0.4, 0.5) is 24.5 Å². The van der Waals surface area contributed by atoms with E-state index in [9.17, 15) is 27.6 Å². The Morgan fingerprint density at radius 3 is 2.50 bits per heavy atom. The van der Waals surface area contributed by atoms with Crippen LogP contribution >= 0.6 is 0 Å². The quantitative estimate of drug-likeness (QED) is 0.735. The Balaban J connectivity index is 1.60. The Morgan fingerprint density at radius 1 is 1.19 bits per heavy atom. The molecule has 1 saturated heterocycles. The minimum atomic E-state index is -4.54. The third kappa shape index (κ3) is 5.37. The van der Waals surface area contributed by atoms with Crippen LogP contribution in [0.1, 0.15) is 12.0 Å². The van der Waals surface area contributed by atoms with Gasteiger partial charge in [-0.1, -0.05) is 6.07 Å². The van der Waals surface area contributed by atoms with Crippen molar-refractivity contribution in [2.24, 2.45) is 5.92 Å². The Hall–Kier alpha value is -3.56. The number of likely N-dealkylation sites (N-methyl/N-ethyl adjacent to an activating group) is 1. The molecule has 2 aromatic carbocycles. The zero-order chi connectivity index (χ0) is 23.5. The molecule has 0 radical (unpaired) electrons. The summed E-state index contributed by atoms with van der Waals surface area (Å²) >= 11 is 0. The van der Waals surface area contributed by atoms with Gasteiger partial charge in [-0.3, -0.25) is 14.4 Å². The normalized spacial score (nSPS) is 16.1. The Kier molecular flexibility index (Phi) is 6.71. The molecule has 1 atom stereocenters. The Bertz CT molecular complexity index is 1010. The number of nitrogens with zero attached hydrogens (tertiary/aromatic N) is 2. The summed E-state index contributed by atoms with van der Waals surface area (Å²) < 4.78 is 44.0. The lowest BCUT2D eigenvalue weighted by Crippen LogP contribution is -2.39. The van der Waals surface area contributed by atoms with E-state index in [1.807, 2.05) is 0 Å². The van der Waals surface area contributed by atoms with Crippen LogP contribution in [-0.4, -0.2) is 49.9 Å². The molecule has 32 heavy (non-hydrogen) atoms. The van der Waals surface area contributed by atoms with Crippen LogP contribution in [0.25, 0.3) is 0 Å². The molecule has 1 heterocycles. The molecular weight excluding hydrogens is 427 g/mol. The number of rotatable bonds is 6. The smallest absolute Gasteiger partial charge is 0.416 e. The molecule has 2 aromatic rings. The lowest BCUT2D eigenvalue weighted by molar-refractivity contribution is -0.137. The van der Waals surface area contributed by atoms with Crippen molar-refractivity contribution in [1.82, 2.24) is 4.90 Å². The van der Waals surface area contributed by atoms with Crippen molar-refractivity contribution in [1.29, 1.82) is 0 Å². The fourth-order valence-electron chi connectivity index (χ4n) is 3.45. The standard InChI is InChI=1S/C22H22F3N3O4/c1-27(13-19(29)26-16-6-8-18(32-2)9-7-16)21(31)14-10-20(30)28(12-14)17-5-3-4-15(11-17)22(23,24)25/h3-9,11,14H,10,12-13H2,1-2H3,(H,26,29)/t14-/m0/s1. The molecule has 1 aliphatic heterocycles. The third-order valence-electron chi connectivity index (χ3n) is 5.09. The van der Waals surface area contributed by atoms with Crippen LogP contribution in [0.5, 0.6) is 5.75 Å². The van der Waals surface area contributed by atoms with Crippen LogP contribution in [0, 0.1) is 5.92 Å². The summed E-state index contributed by atoms with van der Waals surface area (Å²) in [5, 5.41) is 2.66. The van der Waals surface area contributed by atoms with Gasteiger partial charge in [0.15, 0.2) is 0 Å². The first kappa shape index (κ1) is 23.1. The number of carbonyl (C=O) groups excluding carboxylic acids is 3. The molecule has 0 saturated carbocycles. The van der Waals surface area contributed by atoms with Crippen LogP contribution in [0.15, 0.2) is 48.5 Å². The van der Waals surface area contributed by atoms with Gasteiger partial charge < -0.3 is 19.9 Å². The van der Waals surface area contributed by atoms with Crippen LogP contribution in [0.3, 0.4) is 0 Å². The van der Waals surface area contributed by atoms with Gasteiger partial charge in [0.05, 0.1) is 25.1 Å². The number of halogens is 3. The van der Waals surface area contributed by atoms with Crippen molar-refractivity contribution in [3.63, 3.8) is 0 Å². The second-order valence-corrected chi connectivity index (χ2v) is 7.42. The van der Waals surface area contributed by atoms with E-state index in [0.717, 1.165) is 12.1 Å². The molecule has 0 unspecified atom stereocenters.